The van der Waals surface area contributed by atoms with E-state index in [9.17, 15) is 29.2 Å². The van der Waals surface area contributed by atoms with E-state index >= 15 is 0 Å². The average Bonchev–Trinajstić information content (AvgIpc) is 2.75. The Bertz CT molecular complexity index is 1040. The molecule has 0 saturated heterocycles. The van der Waals surface area contributed by atoms with Crippen LogP contribution in [0.25, 0.3) is 0 Å². The van der Waals surface area contributed by atoms with Crippen LogP contribution in [-0.4, -0.2) is 56.9 Å². The van der Waals surface area contributed by atoms with Gasteiger partial charge in [0.25, 0.3) is 0 Å². The third kappa shape index (κ3) is 4.63. The maximum Gasteiger partial charge on any atom is 0.168 e. The fourth-order valence-electron chi connectivity index (χ4n) is 4.45. The van der Waals surface area contributed by atoms with E-state index in [-0.39, 0.29) is 25.3 Å². The molecule has 0 radical (unpaired) electrons. The van der Waals surface area contributed by atoms with Crippen LogP contribution in [0.4, 0.5) is 8.78 Å². The van der Waals surface area contributed by atoms with Gasteiger partial charge in [-0.05, 0) is 56.5 Å². The van der Waals surface area contributed by atoms with E-state index in [2.05, 4.69) is 5.32 Å². The number of nitrogens with one attached hydrogen (secondary N) is 1. The van der Waals surface area contributed by atoms with Crippen molar-refractivity contribution in [3.05, 3.63) is 53.1 Å². The lowest BCUT2D eigenvalue weighted by molar-refractivity contribution is -0.0864. The molecule has 0 fully saturated rings. The first-order valence-electron chi connectivity index (χ1n) is 10.9. The van der Waals surface area contributed by atoms with E-state index in [1.54, 1.807) is 13.8 Å². The lowest BCUT2D eigenvalue weighted by atomic mass is 9.85. The summed E-state index contributed by atoms with van der Waals surface area (Å²) in [5.41, 5.74) is -1.09. The van der Waals surface area contributed by atoms with Crippen molar-refractivity contribution in [1.29, 1.82) is 0 Å². The molecular formula is C24H29F2NO6. The molecule has 33 heavy (non-hydrogen) atoms. The van der Waals surface area contributed by atoms with E-state index in [1.165, 1.54) is 24.3 Å². The summed E-state index contributed by atoms with van der Waals surface area (Å²) in [4.78, 5) is 0. The third-order valence-electron chi connectivity index (χ3n) is 6.72. The molecule has 5 N–H and O–H groups in total. The molecule has 0 aromatic heterocycles. The van der Waals surface area contributed by atoms with Gasteiger partial charge in [0, 0.05) is 31.1 Å². The Morgan fingerprint density at radius 1 is 1.03 bits per heavy atom. The van der Waals surface area contributed by atoms with Crippen LogP contribution in [0.5, 0.6) is 17.2 Å². The van der Waals surface area contributed by atoms with Gasteiger partial charge in [0.15, 0.2) is 11.6 Å². The highest BCUT2D eigenvalue weighted by atomic mass is 19.1. The van der Waals surface area contributed by atoms with Gasteiger partial charge in [-0.25, -0.2) is 8.78 Å². The van der Waals surface area contributed by atoms with Crippen LogP contribution in [0.2, 0.25) is 0 Å². The Morgan fingerprint density at radius 3 is 2.42 bits per heavy atom. The maximum atomic E-state index is 13.7. The van der Waals surface area contributed by atoms with E-state index in [1.807, 2.05) is 0 Å². The first kappa shape index (κ1) is 23.7. The zero-order valence-electron chi connectivity index (χ0n) is 18.5. The fourth-order valence-corrected chi connectivity index (χ4v) is 4.45. The predicted molar refractivity (Wildman–Crippen MR) is 115 cm³/mol. The van der Waals surface area contributed by atoms with Crippen molar-refractivity contribution in [2.75, 3.05) is 13.1 Å². The van der Waals surface area contributed by atoms with Gasteiger partial charge >= 0.3 is 0 Å². The number of aromatic hydroxyl groups is 1. The molecule has 0 unspecified atom stereocenters. The lowest BCUT2D eigenvalue weighted by Gasteiger charge is -2.42. The molecule has 2 aromatic carbocycles. The van der Waals surface area contributed by atoms with Crippen LogP contribution in [0.1, 0.15) is 43.9 Å². The second-order valence-electron chi connectivity index (χ2n) is 9.33. The number of ether oxygens (including phenoxy) is 2. The van der Waals surface area contributed by atoms with Crippen LogP contribution >= 0.6 is 0 Å². The summed E-state index contributed by atoms with van der Waals surface area (Å²) in [7, 11) is 0. The average molecular weight is 465 g/mol. The Kier molecular flexibility index (Phi) is 6.26. The van der Waals surface area contributed by atoms with Crippen LogP contribution in [0.3, 0.4) is 0 Å². The highest BCUT2D eigenvalue weighted by Gasteiger charge is 2.43. The molecule has 4 rings (SSSR count). The smallest absolute Gasteiger partial charge is 0.168 e. The number of phenols is 1. The summed E-state index contributed by atoms with van der Waals surface area (Å²) >= 11 is 0. The topological polar surface area (TPSA) is 111 Å². The molecule has 2 aliphatic rings. The number of phenolic OH excluding ortho intramolecular Hbond substituents is 1. The quantitative estimate of drug-likeness (QED) is 0.445. The summed E-state index contributed by atoms with van der Waals surface area (Å²) in [5.74, 6) is -1.10. The molecule has 5 atom stereocenters. The van der Waals surface area contributed by atoms with Crippen LogP contribution in [0, 0.1) is 11.6 Å². The molecule has 2 aromatic rings. The van der Waals surface area contributed by atoms with Crippen molar-refractivity contribution in [2.45, 2.75) is 62.6 Å². The van der Waals surface area contributed by atoms with Crippen molar-refractivity contribution in [2.24, 2.45) is 0 Å². The summed E-state index contributed by atoms with van der Waals surface area (Å²) in [6.45, 7) is 3.54. The minimum atomic E-state index is -1.12. The number of fused-ring (bicyclic) bond motifs is 2. The lowest BCUT2D eigenvalue weighted by Crippen LogP contribution is -2.55. The Morgan fingerprint density at radius 2 is 1.70 bits per heavy atom. The first-order valence-corrected chi connectivity index (χ1v) is 10.9. The number of hydrogen-bond donors (Lipinski definition) is 5. The number of rotatable bonds is 6. The number of hydrogen-bond acceptors (Lipinski definition) is 7. The second kappa shape index (κ2) is 8.72. The molecular weight excluding hydrogens is 436 g/mol. The maximum absolute atomic E-state index is 13.7. The molecule has 7 nitrogen and oxygen atoms in total. The third-order valence-corrected chi connectivity index (χ3v) is 6.72. The van der Waals surface area contributed by atoms with Crippen LogP contribution in [-0.2, 0) is 6.42 Å². The minimum absolute atomic E-state index is 0.0615. The number of benzene rings is 2. The minimum Gasteiger partial charge on any atom is -0.505 e. The highest BCUT2D eigenvalue weighted by molar-refractivity contribution is 5.43. The number of aliphatic hydroxyl groups is 3. The molecule has 0 amide bonds. The van der Waals surface area contributed by atoms with Crippen molar-refractivity contribution < 1.29 is 38.7 Å². The summed E-state index contributed by atoms with van der Waals surface area (Å²) in [5, 5.41) is 44.5. The van der Waals surface area contributed by atoms with Crippen molar-refractivity contribution in [3.63, 3.8) is 0 Å². The van der Waals surface area contributed by atoms with Crippen LogP contribution < -0.4 is 14.8 Å². The Hall–Kier alpha value is -2.46. The van der Waals surface area contributed by atoms with E-state index in [0.717, 1.165) is 6.07 Å². The molecule has 2 heterocycles. The van der Waals surface area contributed by atoms with Gasteiger partial charge in [-0.2, -0.15) is 0 Å². The number of aryl methyl sites for hydroxylation is 1. The molecule has 0 bridgehead atoms. The molecule has 0 aliphatic carbocycles. The zero-order chi connectivity index (χ0) is 24.0. The Labute approximate surface area is 190 Å². The first-order chi connectivity index (χ1) is 15.5. The molecule has 0 spiro atoms. The summed E-state index contributed by atoms with van der Waals surface area (Å²) in [6.07, 6.45) is -1.95. The Balaban J connectivity index is 1.35. The van der Waals surface area contributed by atoms with Crippen molar-refractivity contribution >= 4 is 0 Å². The summed E-state index contributed by atoms with van der Waals surface area (Å²) < 4.78 is 39.0. The molecule has 180 valence electrons. The zero-order valence-corrected chi connectivity index (χ0v) is 18.5. The van der Waals surface area contributed by atoms with E-state index < -0.39 is 46.9 Å². The van der Waals surface area contributed by atoms with E-state index in [4.69, 9.17) is 9.47 Å². The van der Waals surface area contributed by atoms with Gasteiger partial charge in [0.2, 0.25) is 0 Å². The van der Waals surface area contributed by atoms with E-state index in [0.29, 0.717) is 29.7 Å². The largest absolute Gasteiger partial charge is 0.505 e. The monoisotopic (exact) mass is 465 g/mol. The summed E-state index contributed by atoms with van der Waals surface area (Å²) in [6, 6.07) is 6.32. The SMILES string of the molecule is C[C@]1([C@@H](O)CNC[C@H](O)[C@]2(C)C[C@@H](O)c3cc(F)ccc3O2)CCc2cc(O)c(F)cc2O1. The van der Waals surface area contributed by atoms with Gasteiger partial charge < -0.3 is 35.2 Å². The van der Waals surface area contributed by atoms with Crippen LogP contribution in [0.15, 0.2) is 30.3 Å². The standard InChI is InChI=1S/C24H29F2NO6/c1-23(6-5-13-7-17(28)16(26)9-20(13)33-23)21(30)11-27-12-22(31)24(2)10-18(29)15-8-14(25)3-4-19(15)32-24/h3-4,7-9,18,21-22,27-31H,5-6,10-12H2,1-2H3/t18-,21+,22+,23-,24+/m1/s1. The molecule has 9 heteroatoms. The number of aliphatic hydroxyl groups excluding tert-OH is 3. The van der Waals surface area contributed by atoms with Crippen molar-refractivity contribution in [1.82, 2.24) is 5.32 Å². The van der Waals surface area contributed by atoms with Gasteiger partial charge in [-0.3, -0.25) is 0 Å². The van der Waals surface area contributed by atoms with Crippen molar-refractivity contribution in [3.8, 4) is 17.2 Å². The van der Waals surface area contributed by atoms with Gasteiger partial charge in [0.05, 0.1) is 6.10 Å². The fraction of sp³-hybridized carbons (Fsp3) is 0.500. The normalized spacial score (nSPS) is 28.2. The molecule has 2 aliphatic heterocycles. The van der Waals surface area contributed by atoms with Gasteiger partial charge in [-0.15, -0.1) is 0 Å². The molecule has 0 saturated carbocycles. The number of halogens is 2. The predicted octanol–water partition coefficient (Wildman–Crippen LogP) is 2.34. The highest BCUT2D eigenvalue weighted by Crippen LogP contribution is 2.41. The van der Waals surface area contributed by atoms with Gasteiger partial charge in [-0.1, -0.05) is 0 Å². The van der Waals surface area contributed by atoms with Gasteiger partial charge in [0.1, 0.15) is 40.7 Å². The second-order valence-corrected chi connectivity index (χ2v) is 9.33.